The first-order valence-electron chi connectivity index (χ1n) is 4.68. The van der Waals surface area contributed by atoms with Crippen LogP contribution in [0.2, 0.25) is 5.02 Å². The summed E-state index contributed by atoms with van der Waals surface area (Å²) in [6.45, 7) is 1.91. The minimum atomic E-state index is -3.63. The summed E-state index contributed by atoms with van der Waals surface area (Å²) in [4.78, 5) is 0.134. The van der Waals surface area contributed by atoms with Crippen molar-refractivity contribution in [1.29, 1.82) is 0 Å². The highest BCUT2D eigenvalue weighted by Gasteiger charge is 2.20. The quantitative estimate of drug-likeness (QED) is 0.851. The molecule has 0 unspecified atom stereocenters. The molecule has 0 amide bonds. The van der Waals surface area contributed by atoms with Gasteiger partial charge in [-0.1, -0.05) is 34.8 Å². The molecular weight excluding hydrogens is 305 g/mol. The molecule has 0 saturated heterocycles. The van der Waals surface area contributed by atoms with Crippen LogP contribution in [0.15, 0.2) is 39.9 Å². The summed E-state index contributed by atoms with van der Waals surface area (Å²) in [5.74, 6) is 0. The zero-order valence-corrected chi connectivity index (χ0v) is 12.0. The fourth-order valence-corrected chi connectivity index (χ4v) is 2.99. The van der Waals surface area contributed by atoms with Crippen molar-refractivity contribution in [3.8, 4) is 0 Å². The first kappa shape index (κ1) is 14.6. The van der Waals surface area contributed by atoms with Crippen molar-refractivity contribution >= 4 is 44.8 Å². The lowest BCUT2D eigenvalue weighted by molar-refractivity contribution is 0.512. The van der Waals surface area contributed by atoms with E-state index in [1.54, 1.807) is 6.92 Å². The number of benzene rings is 1. The van der Waals surface area contributed by atoms with Crippen molar-refractivity contribution in [3.05, 3.63) is 40.0 Å². The average Bonchev–Trinajstić information content (AvgIpc) is 2.26. The van der Waals surface area contributed by atoms with Crippen LogP contribution in [0.5, 0.6) is 0 Å². The maximum atomic E-state index is 12.1. The second kappa shape index (κ2) is 5.96. The molecule has 0 radical (unpaired) electrons. The van der Waals surface area contributed by atoms with E-state index in [4.69, 9.17) is 34.8 Å². The van der Waals surface area contributed by atoms with Crippen LogP contribution in [0.25, 0.3) is 0 Å². The predicted octanol–water partition coefficient (Wildman–Crippen LogP) is 3.63. The Morgan fingerprint density at radius 1 is 1.29 bits per heavy atom. The van der Waals surface area contributed by atoms with E-state index in [2.05, 4.69) is 0 Å². The third kappa shape index (κ3) is 3.78. The third-order valence-corrected chi connectivity index (χ3v) is 4.27. The normalized spacial score (nSPS) is 11.1. The molecule has 0 atom stereocenters. The van der Waals surface area contributed by atoms with Crippen LogP contribution < -0.4 is 0 Å². The average molecular weight is 315 g/mol. The number of rotatable bonds is 4. The van der Waals surface area contributed by atoms with Gasteiger partial charge in [0.15, 0.2) is 0 Å². The molecule has 0 heterocycles. The molecule has 17 heavy (non-hydrogen) atoms. The van der Waals surface area contributed by atoms with Gasteiger partial charge in [0.1, 0.15) is 4.49 Å². The second-order valence-electron chi connectivity index (χ2n) is 3.08. The molecule has 0 bridgehead atoms. The van der Waals surface area contributed by atoms with E-state index in [0.29, 0.717) is 5.02 Å². The van der Waals surface area contributed by atoms with Gasteiger partial charge in [0, 0.05) is 17.8 Å². The summed E-state index contributed by atoms with van der Waals surface area (Å²) in [6.07, 6.45) is 1.16. The molecule has 0 aliphatic rings. The molecule has 1 aromatic rings. The van der Waals surface area contributed by atoms with Crippen LogP contribution in [-0.4, -0.2) is 19.3 Å². The number of sulfonamides is 1. The topological polar surface area (TPSA) is 37.4 Å². The van der Waals surface area contributed by atoms with E-state index in [1.807, 2.05) is 0 Å². The van der Waals surface area contributed by atoms with Crippen molar-refractivity contribution in [3.63, 3.8) is 0 Å². The fourth-order valence-electron chi connectivity index (χ4n) is 1.18. The van der Waals surface area contributed by atoms with Crippen LogP contribution in [0.1, 0.15) is 6.92 Å². The van der Waals surface area contributed by atoms with E-state index in [1.165, 1.54) is 24.3 Å². The summed E-state index contributed by atoms with van der Waals surface area (Å²) in [6, 6.07) is 5.87. The van der Waals surface area contributed by atoms with Crippen molar-refractivity contribution in [2.45, 2.75) is 11.8 Å². The van der Waals surface area contributed by atoms with E-state index < -0.39 is 10.0 Å². The third-order valence-electron chi connectivity index (χ3n) is 1.97. The van der Waals surface area contributed by atoms with Gasteiger partial charge in [-0.2, -0.15) is 0 Å². The highest BCUT2D eigenvalue weighted by Crippen LogP contribution is 2.20. The SMILES string of the molecule is CCN(C=C(Cl)Cl)S(=O)(=O)c1ccc(Cl)cc1. The maximum absolute atomic E-state index is 12.1. The van der Waals surface area contributed by atoms with Gasteiger partial charge in [0.05, 0.1) is 4.90 Å². The molecular formula is C10H10Cl3NO2S. The minimum absolute atomic E-state index is 0.121. The molecule has 0 fully saturated rings. The molecule has 0 N–H and O–H groups in total. The Balaban J connectivity index is 3.17. The Kier molecular flexibility index (Phi) is 5.13. The zero-order valence-electron chi connectivity index (χ0n) is 8.90. The zero-order chi connectivity index (χ0) is 13.1. The summed E-state index contributed by atoms with van der Waals surface area (Å²) in [5, 5.41) is 0.470. The Bertz CT molecular complexity index is 507. The molecule has 0 saturated carbocycles. The standard InChI is InChI=1S/C10H10Cl3NO2S/c1-2-14(7-10(12)13)17(15,16)9-5-3-8(11)4-6-9/h3-7H,2H2,1H3. The van der Waals surface area contributed by atoms with E-state index in [0.717, 1.165) is 10.5 Å². The Morgan fingerprint density at radius 3 is 2.24 bits per heavy atom. The monoisotopic (exact) mass is 313 g/mol. The van der Waals surface area contributed by atoms with Gasteiger partial charge in [0.2, 0.25) is 0 Å². The van der Waals surface area contributed by atoms with Gasteiger partial charge < -0.3 is 0 Å². The van der Waals surface area contributed by atoms with Crippen LogP contribution in [0.3, 0.4) is 0 Å². The first-order valence-corrected chi connectivity index (χ1v) is 7.25. The van der Waals surface area contributed by atoms with Gasteiger partial charge in [-0.15, -0.1) is 0 Å². The van der Waals surface area contributed by atoms with E-state index in [-0.39, 0.29) is 15.9 Å². The van der Waals surface area contributed by atoms with Crippen LogP contribution in [-0.2, 0) is 10.0 Å². The highest BCUT2D eigenvalue weighted by atomic mass is 35.5. The molecule has 0 spiro atoms. The minimum Gasteiger partial charge on any atom is -0.271 e. The largest absolute Gasteiger partial charge is 0.271 e. The van der Waals surface area contributed by atoms with Gasteiger partial charge in [-0.25, -0.2) is 8.42 Å². The lowest BCUT2D eigenvalue weighted by Crippen LogP contribution is -2.25. The van der Waals surface area contributed by atoms with Crippen molar-refractivity contribution in [2.75, 3.05) is 6.54 Å². The van der Waals surface area contributed by atoms with Crippen molar-refractivity contribution in [1.82, 2.24) is 4.31 Å². The Labute approximate surface area is 116 Å². The van der Waals surface area contributed by atoms with Crippen molar-refractivity contribution in [2.24, 2.45) is 0 Å². The molecule has 3 nitrogen and oxygen atoms in total. The number of halogens is 3. The van der Waals surface area contributed by atoms with Crippen LogP contribution in [0, 0.1) is 0 Å². The molecule has 1 rings (SSSR count). The summed E-state index contributed by atoms with van der Waals surface area (Å²) in [5.41, 5.74) is 0. The molecule has 7 heteroatoms. The Morgan fingerprint density at radius 2 is 1.82 bits per heavy atom. The van der Waals surface area contributed by atoms with Gasteiger partial charge in [-0.3, -0.25) is 4.31 Å². The number of hydrogen-bond donors (Lipinski definition) is 0. The molecule has 0 aliphatic carbocycles. The van der Waals surface area contributed by atoms with Crippen LogP contribution >= 0.6 is 34.8 Å². The molecule has 0 aliphatic heterocycles. The van der Waals surface area contributed by atoms with E-state index in [9.17, 15) is 8.42 Å². The maximum Gasteiger partial charge on any atom is 0.263 e. The van der Waals surface area contributed by atoms with E-state index >= 15 is 0 Å². The summed E-state index contributed by atoms with van der Waals surface area (Å²) >= 11 is 16.6. The number of hydrogen-bond acceptors (Lipinski definition) is 2. The fraction of sp³-hybridized carbons (Fsp3) is 0.200. The molecule has 1 aromatic carbocycles. The molecule has 0 aromatic heterocycles. The number of nitrogens with zero attached hydrogens (tertiary/aromatic N) is 1. The lowest BCUT2D eigenvalue weighted by Gasteiger charge is -2.18. The van der Waals surface area contributed by atoms with Crippen molar-refractivity contribution < 1.29 is 8.42 Å². The predicted molar refractivity (Wildman–Crippen MR) is 70.8 cm³/mol. The smallest absolute Gasteiger partial charge is 0.263 e. The van der Waals surface area contributed by atoms with Gasteiger partial charge >= 0.3 is 0 Å². The van der Waals surface area contributed by atoms with Crippen LogP contribution in [0.4, 0.5) is 0 Å². The second-order valence-corrected chi connectivity index (χ2v) is 6.42. The van der Waals surface area contributed by atoms with Gasteiger partial charge in [0.25, 0.3) is 10.0 Å². The lowest BCUT2D eigenvalue weighted by atomic mass is 10.4. The van der Waals surface area contributed by atoms with Gasteiger partial charge in [-0.05, 0) is 31.2 Å². The molecule has 94 valence electrons. The first-order chi connectivity index (χ1) is 7.87. The summed E-state index contributed by atoms with van der Waals surface area (Å²) in [7, 11) is -3.63. The highest BCUT2D eigenvalue weighted by molar-refractivity contribution is 7.89. The Hall–Kier alpha value is -0.420. The summed E-state index contributed by atoms with van der Waals surface area (Å²) < 4.78 is 25.2.